The molecule has 1 heterocycles. The SMILES string of the molecule is CC(C)(C)OC(=O)N1CCN(C2CCC([N+](=O)[O-])CC2)CC1. The second kappa shape index (κ2) is 6.81. The van der Waals surface area contributed by atoms with Crippen LogP contribution >= 0.6 is 0 Å². The molecule has 2 aliphatic rings. The molecule has 22 heavy (non-hydrogen) atoms. The van der Waals surface area contributed by atoms with Crippen molar-refractivity contribution in [3.05, 3.63) is 10.1 Å². The van der Waals surface area contributed by atoms with Crippen LogP contribution in [-0.4, -0.2) is 64.7 Å². The first-order valence-electron chi connectivity index (χ1n) is 8.12. The molecule has 126 valence electrons. The number of carbonyl (C=O) groups is 1. The van der Waals surface area contributed by atoms with E-state index in [1.807, 2.05) is 20.8 Å². The summed E-state index contributed by atoms with van der Waals surface area (Å²) in [4.78, 5) is 26.8. The molecule has 0 unspecified atom stereocenters. The zero-order valence-corrected chi connectivity index (χ0v) is 13.8. The third-order valence-electron chi connectivity index (χ3n) is 4.45. The molecule has 1 saturated heterocycles. The monoisotopic (exact) mass is 313 g/mol. The van der Waals surface area contributed by atoms with Crippen LogP contribution in [0, 0.1) is 10.1 Å². The highest BCUT2D eigenvalue weighted by Gasteiger charge is 2.34. The van der Waals surface area contributed by atoms with Crippen LogP contribution in [0.1, 0.15) is 46.5 Å². The number of amides is 1. The van der Waals surface area contributed by atoms with Gasteiger partial charge in [-0.3, -0.25) is 15.0 Å². The lowest BCUT2D eigenvalue weighted by Crippen LogP contribution is -2.53. The van der Waals surface area contributed by atoms with Gasteiger partial charge in [0.25, 0.3) is 0 Å². The molecule has 1 amide bonds. The molecule has 2 fully saturated rings. The lowest BCUT2D eigenvalue weighted by atomic mass is 9.90. The third-order valence-corrected chi connectivity index (χ3v) is 4.45. The van der Waals surface area contributed by atoms with E-state index in [0.717, 1.165) is 25.9 Å². The molecule has 7 heteroatoms. The summed E-state index contributed by atoms with van der Waals surface area (Å²) in [6.07, 6.45) is 2.87. The molecule has 0 radical (unpaired) electrons. The summed E-state index contributed by atoms with van der Waals surface area (Å²) >= 11 is 0. The van der Waals surface area contributed by atoms with Crippen molar-refractivity contribution in [1.82, 2.24) is 9.80 Å². The Morgan fingerprint density at radius 2 is 1.64 bits per heavy atom. The van der Waals surface area contributed by atoms with Crippen LogP contribution in [0.5, 0.6) is 0 Å². The molecule has 0 atom stereocenters. The number of ether oxygens (including phenoxy) is 1. The van der Waals surface area contributed by atoms with E-state index in [0.29, 0.717) is 32.0 Å². The second-order valence-electron chi connectivity index (χ2n) is 7.25. The van der Waals surface area contributed by atoms with Gasteiger partial charge >= 0.3 is 6.09 Å². The quantitative estimate of drug-likeness (QED) is 0.576. The van der Waals surface area contributed by atoms with Crippen molar-refractivity contribution in [2.75, 3.05) is 26.2 Å². The van der Waals surface area contributed by atoms with E-state index in [1.54, 1.807) is 4.90 Å². The van der Waals surface area contributed by atoms with Crippen LogP contribution in [0.15, 0.2) is 0 Å². The summed E-state index contributed by atoms with van der Waals surface area (Å²) in [5, 5.41) is 10.8. The van der Waals surface area contributed by atoms with Crippen molar-refractivity contribution >= 4 is 6.09 Å². The predicted octanol–water partition coefficient (Wildman–Crippen LogP) is 2.13. The van der Waals surface area contributed by atoms with Gasteiger partial charge < -0.3 is 9.64 Å². The Bertz CT molecular complexity index is 406. The molecule has 2 rings (SSSR count). The minimum absolute atomic E-state index is 0.142. The number of carbonyl (C=O) groups excluding carboxylic acids is 1. The zero-order chi connectivity index (χ0) is 16.3. The van der Waals surface area contributed by atoms with Crippen molar-refractivity contribution in [2.24, 2.45) is 0 Å². The summed E-state index contributed by atoms with van der Waals surface area (Å²) in [7, 11) is 0. The van der Waals surface area contributed by atoms with E-state index in [2.05, 4.69) is 4.90 Å². The second-order valence-corrected chi connectivity index (χ2v) is 7.25. The average Bonchev–Trinajstić information content (AvgIpc) is 2.46. The van der Waals surface area contributed by atoms with E-state index in [9.17, 15) is 14.9 Å². The topological polar surface area (TPSA) is 75.9 Å². The van der Waals surface area contributed by atoms with E-state index >= 15 is 0 Å². The van der Waals surface area contributed by atoms with Crippen molar-refractivity contribution in [2.45, 2.75) is 64.1 Å². The van der Waals surface area contributed by atoms with Crippen LogP contribution in [-0.2, 0) is 4.74 Å². The maximum Gasteiger partial charge on any atom is 0.410 e. The van der Waals surface area contributed by atoms with Crippen molar-refractivity contribution in [3.63, 3.8) is 0 Å². The normalized spacial score (nSPS) is 27.5. The highest BCUT2D eigenvalue weighted by molar-refractivity contribution is 5.68. The van der Waals surface area contributed by atoms with Gasteiger partial charge in [0.1, 0.15) is 5.60 Å². The van der Waals surface area contributed by atoms with Crippen LogP contribution in [0.3, 0.4) is 0 Å². The van der Waals surface area contributed by atoms with E-state index in [4.69, 9.17) is 4.74 Å². The smallest absolute Gasteiger partial charge is 0.410 e. The molecule has 0 aromatic carbocycles. The fourth-order valence-corrected chi connectivity index (χ4v) is 3.23. The first kappa shape index (κ1) is 17.0. The zero-order valence-electron chi connectivity index (χ0n) is 13.8. The van der Waals surface area contributed by atoms with Gasteiger partial charge in [-0.15, -0.1) is 0 Å². The average molecular weight is 313 g/mol. The number of hydrogen-bond acceptors (Lipinski definition) is 5. The largest absolute Gasteiger partial charge is 0.444 e. The van der Waals surface area contributed by atoms with Crippen molar-refractivity contribution < 1.29 is 14.5 Å². The van der Waals surface area contributed by atoms with E-state index in [1.165, 1.54) is 0 Å². The number of piperazine rings is 1. The van der Waals surface area contributed by atoms with Crippen molar-refractivity contribution in [3.8, 4) is 0 Å². The summed E-state index contributed by atoms with van der Waals surface area (Å²) in [6.45, 7) is 8.60. The Morgan fingerprint density at radius 1 is 1.09 bits per heavy atom. The number of rotatable bonds is 2. The van der Waals surface area contributed by atoms with Gasteiger partial charge in [0, 0.05) is 50.0 Å². The molecule has 0 N–H and O–H groups in total. The molecule has 0 spiro atoms. The third kappa shape index (κ3) is 4.56. The first-order valence-corrected chi connectivity index (χ1v) is 8.12. The van der Waals surface area contributed by atoms with Crippen LogP contribution in [0.2, 0.25) is 0 Å². The fourth-order valence-electron chi connectivity index (χ4n) is 3.23. The van der Waals surface area contributed by atoms with Crippen LogP contribution in [0.4, 0.5) is 4.79 Å². The molecular formula is C15H27N3O4. The van der Waals surface area contributed by atoms with Gasteiger partial charge in [0.05, 0.1) is 0 Å². The van der Waals surface area contributed by atoms with Gasteiger partial charge in [-0.05, 0) is 33.6 Å². The summed E-state index contributed by atoms with van der Waals surface area (Å²) in [6, 6.07) is 0.0660. The molecule has 7 nitrogen and oxygen atoms in total. The molecule has 1 saturated carbocycles. The summed E-state index contributed by atoms with van der Waals surface area (Å²) < 4.78 is 5.39. The minimum Gasteiger partial charge on any atom is -0.444 e. The first-order chi connectivity index (χ1) is 10.3. The summed E-state index contributed by atoms with van der Waals surface area (Å²) in [5.41, 5.74) is -0.463. The number of nitro groups is 1. The maximum atomic E-state index is 12.0. The Morgan fingerprint density at radius 3 is 2.09 bits per heavy atom. The highest BCUT2D eigenvalue weighted by Crippen LogP contribution is 2.25. The van der Waals surface area contributed by atoms with Crippen molar-refractivity contribution in [1.29, 1.82) is 0 Å². The van der Waals surface area contributed by atoms with Gasteiger partial charge in [-0.25, -0.2) is 4.79 Å². The molecule has 1 aliphatic carbocycles. The Balaban J connectivity index is 1.76. The van der Waals surface area contributed by atoms with Crippen LogP contribution in [0.25, 0.3) is 0 Å². The Kier molecular flexibility index (Phi) is 5.26. The van der Waals surface area contributed by atoms with E-state index < -0.39 is 5.60 Å². The molecule has 1 aliphatic heterocycles. The van der Waals surface area contributed by atoms with Crippen LogP contribution < -0.4 is 0 Å². The molecular weight excluding hydrogens is 286 g/mol. The summed E-state index contributed by atoms with van der Waals surface area (Å²) in [5.74, 6) is 0. The molecule has 0 bridgehead atoms. The Labute approximate surface area is 131 Å². The predicted molar refractivity (Wildman–Crippen MR) is 82.4 cm³/mol. The van der Waals surface area contributed by atoms with E-state index in [-0.39, 0.29) is 17.1 Å². The Hall–Kier alpha value is -1.37. The molecule has 0 aromatic heterocycles. The van der Waals surface area contributed by atoms with Gasteiger partial charge in [0.15, 0.2) is 0 Å². The van der Waals surface area contributed by atoms with Gasteiger partial charge in [-0.1, -0.05) is 0 Å². The van der Waals surface area contributed by atoms with Gasteiger partial charge in [0.2, 0.25) is 6.04 Å². The van der Waals surface area contributed by atoms with Gasteiger partial charge in [-0.2, -0.15) is 0 Å². The lowest BCUT2D eigenvalue weighted by molar-refractivity contribution is -0.526. The number of hydrogen-bond donors (Lipinski definition) is 0. The number of nitrogens with zero attached hydrogens (tertiary/aromatic N) is 3. The highest BCUT2D eigenvalue weighted by atomic mass is 16.6. The standard InChI is InChI=1S/C15H27N3O4/c1-15(2,3)22-14(19)17-10-8-16(9-11-17)12-4-6-13(7-5-12)18(20)21/h12-13H,4-11H2,1-3H3. The fraction of sp³-hybridized carbons (Fsp3) is 0.933. The maximum absolute atomic E-state index is 12.0. The molecule has 0 aromatic rings. The lowest BCUT2D eigenvalue weighted by Gasteiger charge is -2.41. The minimum atomic E-state index is -0.463.